The summed E-state index contributed by atoms with van der Waals surface area (Å²) in [5, 5.41) is 0. The van der Waals surface area contributed by atoms with Gasteiger partial charge in [0.15, 0.2) is 5.76 Å². The minimum Gasteiger partial charge on any atom is -0.490 e. The normalized spacial score (nSPS) is 18.3. The number of Topliss-reactive ketones (excluding diaryl/α,β-unsaturated/α-hetero) is 1. The van der Waals surface area contributed by atoms with E-state index in [0.717, 1.165) is 6.42 Å². The van der Waals surface area contributed by atoms with Crippen molar-refractivity contribution in [2.75, 3.05) is 13.7 Å². The van der Waals surface area contributed by atoms with Crippen molar-refractivity contribution in [3.63, 3.8) is 0 Å². The molecule has 0 bridgehead atoms. The SMILES string of the molecule is CCC(OC)C(=O)C1=CCCO1. The van der Waals surface area contributed by atoms with Crippen molar-refractivity contribution in [3.05, 3.63) is 11.8 Å². The van der Waals surface area contributed by atoms with Gasteiger partial charge in [0.1, 0.15) is 6.10 Å². The van der Waals surface area contributed by atoms with Crippen LogP contribution in [0.1, 0.15) is 19.8 Å². The Morgan fingerprint density at radius 1 is 1.83 bits per heavy atom. The molecule has 1 rings (SSSR count). The highest BCUT2D eigenvalue weighted by molar-refractivity contribution is 5.97. The van der Waals surface area contributed by atoms with Crippen molar-refractivity contribution >= 4 is 5.78 Å². The van der Waals surface area contributed by atoms with Crippen LogP contribution in [-0.4, -0.2) is 25.6 Å². The van der Waals surface area contributed by atoms with Gasteiger partial charge in [0.2, 0.25) is 5.78 Å². The summed E-state index contributed by atoms with van der Waals surface area (Å²) in [5.41, 5.74) is 0. The molecule has 1 heterocycles. The van der Waals surface area contributed by atoms with Crippen molar-refractivity contribution in [1.29, 1.82) is 0 Å². The minimum atomic E-state index is -0.339. The molecule has 3 heteroatoms. The summed E-state index contributed by atoms with van der Waals surface area (Å²) in [5.74, 6) is 0.446. The molecule has 0 aromatic rings. The number of carbonyl (C=O) groups excluding carboxylic acids is 1. The Hall–Kier alpha value is -0.830. The fourth-order valence-electron chi connectivity index (χ4n) is 1.21. The maximum atomic E-state index is 11.5. The molecule has 1 unspecified atom stereocenters. The molecular formula is C9H14O3. The van der Waals surface area contributed by atoms with Crippen LogP contribution < -0.4 is 0 Å². The van der Waals surface area contributed by atoms with Crippen LogP contribution in [0.4, 0.5) is 0 Å². The predicted octanol–water partition coefficient (Wildman–Crippen LogP) is 1.28. The molecule has 1 aliphatic rings. The van der Waals surface area contributed by atoms with E-state index in [0.29, 0.717) is 18.8 Å². The zero-order valence-electron chi connectivity index (χ0n) is 7.50. The molecule has 0 spiro atoms. The summed E-state index contributed by atoms with van der Waals surface area (Å²) in [7, 11) is 1.54. The number of hydrogen-bond donors (Lipinski definition) is 0. The zero-order valence-corrected chi connectivity index (χ0v) is 7.50. The average molecular weight is 170 g/mol. The Bertz CT molecular complexity index is 192. The third-order valence-corrected chi connectivity index (χ3v) is 1.90. The van der Waals surface area contributed by atoms with Crippen LogP contribution in [0.15, 0.2) is 11.8 Å². The van der Waals surface area contributed by atoms with Crippen LogP contribution >= 0.6 is 0 Å². The smallest absolute Gasteiger partial charge is 0.225 e. The highest BCUT2D eigenvalue weighted by atomic mass is 16.5. The fourth-order valence-corrected chi connectivity index (χ4v) is 1.21. The molecule has 0 radical (unpaired) electrons. The van der Waals surface area contributed by atoms with Crippen LogP contribution in [0, 0.1) is 0 Å². The Morgan fingerprint density at radius 3 is 3.00 bits per heavy atom. The summed E-state index contributed by atoms with van der Waals surface area (Å²) in [6.07, 6.45) is 3.01. The number of rotatable bonds is 4. The van der Waals surface area contributed by atoms with Gasteiger partial charge in [-0.15, -0.1) is 0 Å². The quantitative estimate of drug-likeness (QED) is 0.637. The molecule has 1 atom stereocenters. The Kier molecular flexibility index (Phi) is 3.29. The lowest BCUT2D eigenvalue weighted by atomic mass is 10.1. The van der Waals surface area contributed by atoms with Gasteiger partial charge >= 0.3 is 0 Å². The molecule has 0 saturated carbocycles. The summed E-state index contributed by atoms with van der Waals surface area (Å²) < 4.78 is 10.1. The van der Waals surface area contributed by atoms with Crippen LogP contribution in [0.25, 0.3) is 0 Å². The highest BCUT2D eigenvalue weighted by Gasteiger charge is 2.22. The highest BCUT2D eigenvalue weighted by Crippen LogP contribution is 2.14. The lowest BCUT2D eigenvalue weighted by Crippen LogP contribution is -2.23. The van der Waals surface area contributed by atoms with Gasteiger partial charge in [0.25, 0.3) is 0 Å². The van der Waals surface area contributed by atoms with Crippen LogP contribution in [0.2, 0.25) is 0 Å². The fraction of sp³-hybridized carbons (Fsp3) is 0.667. The molecule has 3 nitrogen and oxygen atoms in total. The Morgan fingerprint density at radius 2 is 2.58 bits per heavy atom. The van der Waals surface area contributed by atoms with Crippen molar-refractivity contribution < 1.29 is 14.3 Å². The summed E-state index contributed by atoms with van der Waals surface area (Å²) >= 11 is 0. The lowest BCUT2D eigenvalue weighted by Gasteiger charge is -2.11. The van der Waals surface area contributed by atoms with Gasteiger partial charge in [0, 0.05) is 13.5 Å². The Labute approximate surface area is 72.4 Å². The van der Waals surface area contributed by atoms with Crippen molar-refractivity contribution in [1.82, 2.24) is 0 Å². The van der Waals surface area contributed by atoms with Crippen molar-refractivity contribution in [3.8, 4) is 0 Å². The second-order valence-electron chi connectivity index (χ2n) is 2.70. The first-order chi connectivity index (χ1) is 5.79. The van der Waals surface area contributed by atoms with Crippen LogP contribution in [0.3, 0.4) is 0 Å². The topological polar surface area (TPSA) is 35.5 Å². The summed E-state index contributed by atoms with van der Waals surface area (Å²) in [4.78, 5) is 11.5. The second-order valence-corrected chi connectivity index (χ2v) is 2.70. The lowest BCUT2D eigenvalue weighted by molar-refractivity contribution is -0.128. The summed E-state index contributed by atoms with van der Waals surface area (Å²) in [6.45, 7) is 2.54. The first-order valence-electron chi connectivity index (χ1n) is 4.19. The molecule has 0 aromatic carbocycles. The molecule has 0 fully saturated rings. The molecule has 0 N–H and O–H groups in total. The van der Waals surface area contributed by atoms with Gasteiger partial charge in [-0.1, -0.05) is 6.92 Å². The van der Waals surface area contributed by atoms with E-state index in [9.17, 15) is 4.79 Å². The molecule has 0 aliphatic carbocycles. The summed E-state index contributed by atoms with van der Waals surface area (Å²) in [6, 6.07) is 0. The van der Waals surface area contributed by atoms with Gasteiger partial charge in [-0.25, -0.2) is 0 Å². The molecular weight excluding hydrogens is 156 g/mol. The maximum Gasteiger partial charge on any atom is 0.225 e. The van der Waals surface area contributed by atoms with Gasteiger partial charge in [0.05, 0.1) is 6.61 Å². The third-order valence-electron chi connectivity index (χ3n) is 1.90. The van der Waals surface area contributed by atoms with E-state index in [-0.39, 0.29) is 11.9 Å². The van der Waals surface area contributed by atoms with Gasteiger partial charge < -0.3 is 9.47 Å². The van der Waals surface area contributed by atoms with E-state index in [4.69, 9.17) is 9.47 Å². The Balaban J connectivity index is 2.55. The monoisotopic (exact) mass is 170 g/mol. The van der Waals surface area contributed by atoms with Crippen molar-refractivity contribution in [2.45, 2.75) is 25.9 Å². The maximum absolute atomic E-state index is 11.5. The predicted molar refractivity (Wildman–Crippen MR) is 44.7 cm³/mol. The van der Waals surface area contributed by atoms with Gasteiger partial charge in [-0.2, -0.15) is 0 Å². The number of carbonyl (C=O) groups is 1. The molecule has 1 aliphatic heterocycles. The van der Waals surface area contributed by atoms with E-state index in [1.807, 2.05) is 13.0 Å². The van der Waals surface area contributed by atoms with E-state index in [2.05, 4.69) is 0 Å². The third kappa shape index (κ3) is 1.85. The number of hydrogen-bond acceptors (Lipinski definition) is 3. The number of ether oxygens (including phenoxy) is 2. The standard InChI is InChI=1S/C9H14O3/c1-3-7(11-2)9(10)8-5-4-6-12-8/h5,7H,3-4,6H2,1-2H3. The van der Waals surface area contributed by atoms with Crippen LogP contribution in [0.5, 0.6) is 0 Å². The van der Waals surface area contributed by atoms with Crippen LogP contribution in [-0.2, 0) is 14.3 Å². The zero-order chi connectivity index (χ0) is 8.97. The number of methoxy groups -OCH3 is 1. The van der Waals surface area contributed by atoms with Crippen molar-refractivity contribution in [2.24, 2.45) is 0 Å². The molecule has 0 aromatic heterocycles. The van der Waals surface area contributed by atoms with E-state index >= 15 is 0 Å². The van der Waals surface area contributed by atoms with E-state index in [1.165, 1.54) is 0 Å². The molecule has 0 amide bonds. The first-order valence-corrected chi connectivity index (χ1v) is 4.19. The largest absolute Gasteiger partial charge is 0.490 e. The minimum absolute atomic E-state index is 0.0301. The average Bonchev–Trinajstić information content (AvgIpc) is 2.58. The first kappa shape index (κ1) is 9.26. The van der Waals surface area contributed by atoms with Gasteiger partial charge in [-0.3, -0.25) is 4.79 Å². The molecule has 0 saturated heterocycles. The van der Waals surface area contributed by atoms with Gasteiger partial charge in [-0.05, 0) is 12.5 Å². The van der Waals surface area contributed by atoms with E-state index in [1.54, 1.807) is 7.11 Å². The van der Waals surface area contributed by atoms with E-state index < -0.39 is 0 Å². The second kappa shape index (κ2) is 4.26. The number of ketones is 1. The molecule has 68 valence electrons. The molecule has 12 heavy (non-hydrogen) atoms.